The molecular formula is C14H19ClN4. The van der Waals surface area contributed by atoms with Crippen LogP contribution in [0.1, 0.15) is 5.82 Å². The van der Waals surface area contributed by atoms with Crippen LogP contribution in [-0.2, 0) is 13.6 Å². The summed E-state index contributed by atoms with van der Waals surface area (Å²) in [4.78, 5) is 6.54. The molecule has 0 radical (unpaired) electrons. The minimum Gasteiger partial charge on any atom is -0.383 e. The lowest BCUT2D eigenvalue weighted by atomic mass is 10.3. The molecule has 102 valence electrons. The third-order valence-corrected chi connectivity index (χ3v) is 3.34. The van der Waals surface area contributed by atoms with Gasteiger partial charge in [-0.2, -0.15) is 0 Å². The van der Waals surface area contributed by atoms with Gasteiger partial charge in [0.15, 0.2) is 0 Å². The highest BCUT2D eigenvalue weighted by Gasteiger charge is 2.04. The molecule has 2 aromatic rings. The van der Waals surface area contributed by atoms with Gasteiger partial charge < -0.3 is 9.88 Å². The number of nitrogens with zero attached hydrogens (tertiary/aromatic N) is 3. The largest absolute Gasteiger partial charge is 0.383 e. The number of halogens is 1. The summed E-state index contributed by atoms with van der Waals surface area (Å²) < 4.78 is 2.04. The minimum atomic E-state index is 0.759. The van der Waals surface area contributed by atoms with E-state index in [2.05, 4.69) is 22.2 Å². The Morgan fingerprint density at radius 2 is 2.16 bits per heavy atom. The summed E-state index contributed by atoms with van der Waals surface area (Å²) in [5.74, 6) is 1.07. The zero-order valence-electron chi connectivity index (χ0n) is 11.3. The van der Waals surface area contributed by atoms with Gasteiger partial charge in [0.25, 0.3) is 0 Å². The van der Waals surface area contributed by atoms with Gasteiger partial charge in [0.05, 0.1) is 17.3 Å². The van der Waals surface area contributed by atoms with Crippen LogP contribution in [0.4, 0.5) is 5.69 Å². The van der Waals surface area contributed by atoms with Gasteiger partial charge in [0, 0.05) is 32.5 Å². The van der Waals surface area contributed by atoms with Crippen LogP contribution in [0.25, 0.3) is 0 Å². The van der Waals surface area contributed by atoms with Crippen LogP contribution in [0.2, 0.25) is 5.02 Å². The van der Waals surface area contributed by atoms with Crippen molar-refractivity contribution in [2.75, 3.05) is 25.5 Å². The van der Waals surface area contributed by atoms with E-state index in [1.54, 1.807) is 0 Å². The molecule has 19 heavy (non-hydrogen) atoms. The van der Waals surface area contributed by atoms with E-state index in [4.69, 9.17) is 11.6 Å². The number of aryl methyl sites for hydroxylation is 1. The third-order valence-electron chi connectivity index (χ3n) is 3.02. The van der Waals surface area contributed by atoms with Crippen molar-refractivity contribution in [2.24, 2.45) is 7.05 Å². The molecule has 0 aliphatic rings. The first kappa shape index (κ1) is 13.9. The first-order valence-corrected chi connectivity index (χ1v) is 6.68. The van der Waals surface area contributed by atoms with Crippen molar-refractivity contribution in [3.63, 3.8) is 0 Å². The quantitative estimate of drug-likeness (QED) is 0.882. The molecule has 0 aliphatic heterocycles. The molecule has 0 fully saturated rings. The molecule has 0 atom stereocenters. The molecule has 2 rings (SSSR count). The number of hydrogen-bond donors (Lipinski definition) is 1. The van der Waals surface area contributed by atoms with Gasteiger partial charge in [-0.15, -0.1) is 0 Å². The van der Waals surface area contributed by atoms with E-state index in [9.17, 15) is 0 Å². The van der Waals surface area contributed by atoms with E-state index >= 15 is 0 Å². The predicted molar refractivity (Wildman–Crippen MR) is 79.5 cm³/mol. The lowest BCUT2D eigenvalue weighted by molar-refractivity contribution is 0.327. The molecule has 1 heterocycles. The van der Waals surface area contributed by atoms with Gasteiger partial charge in [-0.3, -0.25) is 4.90 Å². The van der Waals surface area contributed by atoms with Crippen molar-refractivity contribution >= 4 is 17.3 Å². The van der Waals surface area contributed by atoms with Crippen molar-refractivity contribution in [3.05, 3.63) is 47.5 Å². The summed E-state index contributed by atoms with van der Waals surface area (Å²) >= 11 is 6.09. The predicted octanol–water partition coefficient (Wildman–Crippen LogP) is 2.62. The molecule has 5 heteroatoms. The maximum Gasteiger partial charge on any atom is 0.122 e. The lowest BCUT2D eigenvalue weighted by Gasteiger charge is -2.17. The van der Waals surface area contributed by atoms with Gasteiger partial charge in [0.2, 0.25) is 0 Å². The molecule has 0 unspecified atom stereocenters. The number of imidazole rings is 1. The Bertz CT molecular complexity index is 524. The number of likely N-dealkylation sites (N-methyl/N-ethyl adjacent to an activating group) is 1. The first-order valence-electron chi connectivity index (χ1n) is 6.30. The summed E-state index contributed by atoms with van der Waals surface area (Å²) in [6.45, 7) is 2.62. The summed E-state index contributed by atoms with van der Waals surface area (Å²) in [7, 11) is 4.10. The van der Waals surface area contributed by atoms with Crippen molar-refractivity contribution in [2.45, 2.75) is 6.54 Å². The van der Waals surface area contributed by atoms with Crippen molar-refractivity contribution in [1.82, 2.24) is 14.5 Å². The number of para-hydroxylation sites is 1. The Morgan fingerprint density at radius 1 is 1.37 bits per heavy atom. The van der Waals surface area contributed by atoms with E-state index < -0.39 is 0 Å². The lowest BCUT2D eigenvalue weighted by Crippen LogP contribution is -2.26. The molecule has 0 amide bonds. The van der Waals surface area contributed by atoms with Gasteiger partial charge in [-0.1, -0.05) is 23.7 Å². The highest BCUT2D eigenvalue weighted by atomic mass is 35.5. The van der Waals surface area contributed by atoms with E-state index in [-0.39, 0.29) is 0 Å². The van der Waals surface area contributed by atoms with E-state index in [0.717, 1.165) is 36.2 Å². The van der Waals surface area contributed by atoms with Crippen LogP contribution in [0.5, 0.6) is 0 Å². The third kappa shape index (κ3) is 3.98. The molecule has 0 spiro atoms. The Kier molecular flexibility index (Phi) is 4.82. The highest BCUT2D eigenvalue weighted by molar-refractivity contribution is 6.33. The van der Waals surface area contributed by atoms with E-state index in [1.807, 2.05) is 48.3 Å². The van der Waals surface area contributed by atoms with Crippen LogP contribution in [0.3, 0.4) is 0 Å². The number of hydrogen-bond acceptors (Lipinski definition) is 3. The smallest absolute Gasteiger partial charge is 0.122 e. The first-order chi connectivity index (χ1) is 9.16. The van der Waals surface area contributed by atoms with Crippen molar-refractivity contribution < 1.29 is 0 Å². The van der Waals surface area contributed by atoms with Crippen LogP contribution < -0.4 is 5.32 Å². The maximum atomic E-state index is 6.09. The zero-order valence-corrected chi connectivity index (χ0v) is 12.1. The molecule has 0 aliphatic carbocycles. The Balaban J connectivity index is 1.77. The highest BCUT2D eigenvalue weighted by Crippen LogP contribution is 2.19. The Hall–Kier alpha value is -1.52. The maximum absolute atomic E-state index is 6.09. The number of aromatic nitrogens is 2. The van der Waals surface area contributed by atoms with Gasteiger partial charge in [0.1, 0.15) is 5.82 Å². The number of anilines is 1. The normalized spacial score (nSPS) is 10.9. The van der Waals surface area contributed by atoms with Crippen LogP contribution in [-0.4, -0.2) is 34.6 Å². The standard InChI is InChI=1S/C14H19ClN4/c1-18(11-14-17-8-10-19(14)2)9-7-16-13-6-4-3-5-12(13)15/h3-6,8,10,16H,7,9,11H2,1-2H3. The topological polar surface area (TPSA) is 33.1 Å². The monoisotopic (exact) mass is 278 g/mol. The second kappa shape index (κ2) is 6.59. The Labute approximate surface area is 119 Å². The average molecular weight is 279 g/mol. The number of benzene rings is 1. The molecule has 0 saturated heterocycles. The summed E-state index contributed by atoms with van der Waals surface area (Å²) in [5, 5.41) is 4.10. The van der Waals surface area contributed by atoms with Crippen molar-refractivity contribution in [1.29, 1.82) is 0 Å². The fraction of sp³-hybridized carbons (Fsp3) is 0.357. The van der Waals surface area contributed by atoms with Crippen LogP contribution in [0.15, 0.2) is 36.7 Å². The molecular weight excluding hydrogens is 260 g/mol. The van der Waals surface area contributed by atoms with Crippen LogP contribution >= 0.6 is 11.6 Å². The fourth-order valence-electron chi connectivity index (χ4n) is 1.86. The molecule has 1 aromatic carbocycles. The molecule has 0 bridgehead atoms. The summed E-state index contributed by atoms with van der Waals surface area (Å²) in [6, 6.07) is 7.79. The van der Waals surface area contributed by atoms with Gasteiger partial charge in [-0.25, -0.2) is 4.98 Å². The average Bonchev–Trinajstić information content (AvgIpc) is 2.77. The van der Waals surface area contributed by atoms with Gasteiger partial charge >= 0.3 is 0 Å². The van der Waals surface area contributed by atoms with E-state index in [0.29, 0.717) is 0 Å². The summed E-state index contributed by atoms with van der Waals surface area (Å²) in [6.07, 6.45) is 3.79. The second-order valence-electron chi connectivity index (χ2n) is 4.60. The Morgan fingerprint density at radius 3 is 2.84 bits per heavy atom. The number of nitrogens with one attached hydrogen (secondary N) is 1. The van der Waals surface area contributed by atoms with E-state index in [1.165, 1.54) is 0 Å². The number of rotatable bonds is 6. The molecule has 4 nitrogen and oxygen atoms in total. The fourth-order valence-corrected chi connectivity index (χ4v) is 2.06. The van der Waals surface area contributed by atoms with Crippen molar-refractivity contribution in [3.8, 4) is 0 Å². The van der Waals surface area contributed by atoms with Crippen LogP contribution in [0, 0.1) is 0 Å². The molecule has 1 N–H and O–H groups in total. The molecule has 0 saturated carbocycles. The minimum absolute atomic E-state index is 0.759. The SMILES string of the molecule is CN(CCNc1ccccc1Cl)Cc1nccn1C. The molecule has 1 aromatic heterocycles. The summed E-state index contributed by atoms with van der Waals surface area (Å²) in [5.41, 5.74) is 0.981. The van der Waals surface area contributed by atoms with Gasteiger partial charge in [-0.05, 0) is 19.2 Å². The zero-order chi connectivity index (χ0) is 13.7. The second-order valence-corrected chi connectivity index (χ2v) is 5.01.